The van der Waals surface area contributed by atoms with Crippen LogP contribution in [0.4, 0.5) is 5.69 Å². The molecule has 5 N–H and O–H groups in total. The lowest BCUT2D eigenvalue weighted by atomic mass is 9.76. The summed E-state index contributed by atoms with van der Waals surface area (Å²) >= 11 is 0. The van der Waals surface area contributed by atoms with E-state index in [4.69, 9.17) is 15.3 Å². The first kappa shape index (κ1) is 20.2. The number of nitrogens with two attached hydrogens (primary N) is 1. The van der Waals surface area contributed by atoms with E-state index in [9.17, 15) is 15.0 Å². The van der Waals surface area contributed by atoms with Crippen LogP contribution in [0.2, 0.25) is 0 Å². The van der Waals surface area contributed by atoms with Crippen LogP contribution in [0.25, 0.3) is 0 Å². The summed E-state index contributed by atoms with van der Waals surface area (Å²) in [5.41, 5.74) is 5.37. The zero-order valence-electron chi connectivity index (χ0n) is 17.6. The minimum Gasteiger partial charge on any atom is -0.508 e. The van der Waals surface area contributed by atoms with Gasteiger partial charge in [0.25, 0.3) is 0 Å². The number of esters is 1. The second kappa shape index (κ2) is 7.46. The van der Waals surface area contributed by atoms with Gasteiger partial charge >= 0.3 is 5.97 Å². The van der Waals surface area contributed by atoms with Gasteiger partial charge in [-0.1, -0.05) is 25.8 Å². The third-order valence-corrected chi connectivity index (χ3v) is 6.24. The van der Waals surface area contributed by atoms with Crippen molar-refractivity contribution in [1.82, 2.24) is 0 Å². The molecule has 0 bridgehead atoms. The number of anilines is 1. The maximum atomic E-state index is 13.4. The lowest BCUT2D eigenvalue weighted by molar-refractivity contribution is 0.0223. The lowest BCUT2D eigenvalue weighted by Gasteiger charge is -2.36. The van der Waals surface area contributed by atoms with Crippen LogP contribution in [-0.2, 0) is 16.8 Å². The van der Waals surface area contributed by atoms with Crippen molar-refractivity contribution in [3.05, 3.63) is 76.3 Å². The molecule has 3 aromatic carbocycles. The highest BCUT2D eigenvalue weighted by molar-refractivity contribution is 6.00. The fourth-order valence-corrected chi connectivity index (χ4v) is 4.80. The summed E-state index contributed by atoms with van der Waals surface area (Å²) in [5, 5.41) is 20.1. The first-order valence-electron chi connectivity index (χ1n) is 10.7. The molecular weight excluding hydrogens is 408 g/mol. The number of hydrogen-bond donors (Lipinski definition) is 4. The van der Waals surface area contributed by atoms with E-state index in [2.05, 4.69) is 12.3 Å². The molecule has 0 saturated carbocycles. The summed E-state index contributed by atoms with van der Waals surface area (Å²) in [5.74, 6) is 6.10. The van der Waals surface area contributed by atoms with Gasteiger partial charge in [0.1, 0.15) is 23.0 Å². The summed E-state index contributed by atoms with van der Waals surface area (Å²) in [7, 11) is 0. The molecule has 0 aromatic heterocycles. The van der Waals surface area contributed by atoms with Crippen molar-refractivity contribution >= 4 is 11.7 Å². The maximum absolute atomic E-state index is 13.4. The van der Waals surface area contributed by atoms with E-state index in [0.717, 1.165) is 24.8 Å². The lowest BCUT2D eigenvalue weighted by Crippen LogP contribution is -2.33. The number of phenols is 2. The van der Waals surface area contributed by atoms with Gasteiger partial charge in [0, 0.05) is 28.8 Å². The second-order valence-corrected chi connectivity index (χ2v) is 8.15. The third kappa shape index (κ3) is 2.81. The smallest absolute Gasteiger partial charge is 0.340 e. The van der Waals surface area contributed by atoms with Crippen LogP contribution < -0.4 is 16.0 Å². The molecule has 0 unspecified atom stereocenters. The molecule has 164 valence electrons. The van der Waals surface area contributed by atoms with Crippen LogP contribution in [0.15, 0.2) is 48.5 Å². The van der Waals surface area contributed by atoms with Crippen LogP contribution in [-0.4, -0.2) is 16.2 Å². The van der Waals surface area contributed by atoms with E-state index >= 15 is 0 Å². The third-order valence-electron chi connectivity index (χ3n) is 6.24. The molecule has 5 rings (SSSR count). The predicted molar refractivity (Wildman–Crippen MR) is 119 cm³/mol. The van der Waals surface area contributed by atoms with E-state index in [0.29, 0.717) is 45.9 Å². The normalized spacial score (nSPS) is 14.9. The number of hydrazine groups is 1. The van der Waals surface area contributed by atoms with Gasteiger partial charge in [0.2, 0.25) is 0 Å². The Bertz CT molecular complexity index is 1190. The van der Waals surface area contributed by atoms with Crippen LogP contribution in [0, 0.1) is 0 Å². The van der Waals surface area contributed by atoms with Crippen molar-refractivity contribution in [2.45, 2.75) is 38.2 Å². The number of phenolic OH excluding ortho intramolecular Hbond substituents is 2. The van der Waals surface area contributed by atoms with Gasteiger partial charge in [-0.15, -0.1) is 0 Å². The van der Waals surface area contributed by atoms with Crippen LogP contribution >= 0.6 is 0 Å². The number of hydrogen-bond acceptors (Lipinski definition) is 7. The predicted octanol–water partition coefficient (Wildman–Crippen LogP) is 4.68. The van der Waals surface area contributed by atoms with Crippen LogP contribution in [0.5, 0.6) is 23.0 Å². The first-order chi connectivity index (χ1) is 15.5. The van der Waals surface area contributed by atoms with Gasteiger partial charge in [0.15, 0.2) is 5.60 Å². The Morgan fingerprint density at radius 2 is 1.56 bits per heavy atom. The summed E-state index contributed by atoms with van der Waals surface area (Å²) in [6, 6.07) is 13.2. The molecular formula is C25H24N2O5. The average Bonchev–Trinajstić information content (AvgIpc) is 3.06. The number of carbonyl (C=O) groups excluding carboxylic acids is 1. The number of benzene rings is 3. The summed E-state index contributed by atoms with van der Waals surface area (Å²) in [6.07, 6.45) is 3.69. The van der Waals surface area contributed by atoms with Crippen LogP contribution in [0.1, 0.15) is 58.8 Å². The molecule has 0 fully saturated rings. The first-order valence-corrected chi connectivity index (χ1v) is 10.7. The highest BCUT2D eigenvalue weighted by Gasteiger charge is 2.54. The SMILES string of the molecule is CCCCCc1c(NN)ccc2c1C(=O)OC21c2ccc(O)cc2Oc2cc(O)ccc21. The highest BCUT2D eigenvalue weighted by Crippen LogP contribution is 2.57. The molecule has 0 amide bonds. The molecule has 2 aliphatic rings. The number of rotatable bonds is 5. The van der Waals surface area contributed by atoms with E-state index in [1.165, 1.54) is 12.1 Å². The van der Waals surface area contributed by atoms with E-state index < -0.39 is 11.6 Å². The van der Waals surface area contributed by atoms with Gasteiger partial charge in [-0.2, -0.15) is 0 Å². The van der Waals surface area contributed by atoms with Gasteiger partial charge in [-0.05, 0) is 48.7 Å². The zero-order valence-corrected chi connectivity index (χ0v) is 17.6. The Labute approximate surface area is 185 Å². The summed E-state index contributed by atoms with van der Waals surface area (Å²) in [4.78, 5) is 13.4. The number of ether oxygens (including phenoxy) is 2. The zero-order chi connectivity index (χ0) is 22.5. The van der Waals surface area contributed by atoms with Gasteiger partial charge < -0.3 is 25.1 Å². The molecule has 0 aliphatic carbocycles. The van der Waals surface area contributed by atoms with Crippen molar-refractivity contribution in [1.29, 1.82) is 0 Å². The topological polar surface area (TPSA) is 114 Å². The largest absolute Gasteiger partial charge is 0.508 e. The molecule has 7 heteroatoms. The molecule has 0 atom stereocenters. The average molecular weight is 432 g/mol. The number of aromatic hydroxyl groups is 2. The molecule has 0 radical (unpaired) electrons. The van der Waals surface area contributed by atoms with Crippen molar-refractivity contribution in [3.8, 4) is 23.0 Å². The molecule has 32 heavy (non-hydrogen) atoms. The van der Waals surface area contributed by atoms with Crippen LogP contribution in [0.3, 0.4) is 0 Å². The molecule has 1 spiro atoms. The van der Waals surface area contributed by atoms with E-state index in [1.54, 1.807) is 24.3 Å². The van der Waals surface area contributed by atoms with E-state index in [1.807, 2.05) is 12.1 Å². The minimum absolute atomic E-state index is 0.0231. The molecule has 0 saturated heterocycles. The fourth-order valence-electron chi connectivity index (χ4n) is 4.80. The van der Waals surface area contributed by atoms with Crippen molar-refractivity contribution in [2.75, 3.05) is 5.43 Å². The van der Waals surface area contributed by atoms with Crippen molar-refractivity contribution in [2.24, 2.45) is 5.84 Å². The number of carbonyl (C=O) groups is 1. The number of fused-ring (bicyclic) bond motifs is 6. The Kier molecular flexibility index (Phi) is 4.71. The fraction of sp³-hybridized carbons (Fsp3) is 0.240. The molecule has 2 aliphatic heterocycles. The quantitative estimate of drug-likeness (QED) is 0.200. The summed E-state index contributed by atoms with van der Waals surface area (Å²) in [6.45, 7) is 2.13. The van der Waals surface area contributed by atoms with Gasteiger partial charge in [-0.25, -0.2) is 4.79 Å². The number of unbranched alkanes of at least 4 members (excludes halogenated alkanes) is 2. The number of nitrogen functional groups attached to an aromatic ring is 1. The Balaban J connectivity index is 1.80. The minimum atomic E-state index is -1.26. The second-order valence-electron chi connectivity index (χ2n) is 8.15. The molecule has 7 nitrogen and oxygen atoms in total. The highest BCUT2D eigenvalue weighted by atomic mass is 16.6. The Morgan fingerprint density at radius 3 is 2.16 bits per heavy atom. The Hall–Kier alpha value is -3.71. The Morgan fingerprint density at radius 1 is 0.938 bits per heavy atom. The molecule has 3 aromatic rings. The van der Waals surface area contributed by atoms with Crippen molar-refractivity contribution < 1.29 is 24.5 Å². The number of nitrogens with one attached hydrogen (secondary N) is 1. The molecule has 2 heterocycles. The maximum Gasteiger partial charge on any atom is 0.340 e. The van der Waals surface area contributed by atoms with Gasteiger partial charge in [-0.3, -0.25) is 5.84 Å². The monoisotopic (exact) mass is 432 g/mol. The summed E-state index contributed by atoms with van der Waals surface area (Å²) < 4.78 is 12.2. The standard InChI is InChI=1S/C25H24N2O5/c1-2-3-4-5-16-20(27-26)11-10-19-23(16)24(30)32-25(19)17-8-6-14(28)12-21(17)31-22-13-15(29)7-9-18(22)25/h6-13,27-29H,2-5,26H2,1H3. The van der Waals surface area contributed by atoms with Gasteiger partial charge in [0.05, 0.1) is 11.3 Å². The van der Waals surface area contributed by atoms with Crippen molar-refractivity contribution in [3.63, 3.8) is 0 Å². The van der Waals surface area contributed by atoms with E-state index in [-0.39, 0.29) is 11.5 Å².